The van der Waals surface area contributed by atoms with E-state index in [1.54, 1.807) is 0 Å². The summed E-state index contributed by atoms with van der Waals surface area (Å²) in [4.78, 5) is 9.00. The number of hydrogen-bond donors (Lipinski definition) is 1. The highest BCUT2D eigenvalue weighted by molar-refractivity contribution is 5.55. The number of rotatable bonds is 4. The maximum Gasteiger partial charge on any atom is 0.159 e. The summed E-state index contributed by atoms with van der Waals surface area (Å²) in [5.74, 6) is 0.792. The first-order chi connectivity index (χ1) is 9.48. The highest BCUT2D eigenvalue weighted by Crippen LogP contribution is 2.16. The van der Waals surface area contributed by atoms with Gasteiger partial charge in [-0.2, -0.15) is 0 Å². The van der Waals surface area contributed by atoms with Crippen LogP contribution in [0.3, 0.4) is 0 Å². The van der Waals surface area contributed by atoms with Crippen molar-refractivity contribution in [2.75, 3.05) is 0 Å². The third-order valence-corrected chi connectivity index (χ3v) is 3.13. The van der Waals surface area contributed by atoms with Gasteiger partial charge in [0.25, 0.3) is 0 Å². The predicted molar refractivity (Wildman–Crippen MR) is 83.4 cm³/mol. The van der Waals surface area contributed by atoms with Crippen LogP contribution < -0.4 is 5.32 Å². The summed E-state index contributed by atoms with van der Waals surface area (Å²) in [6, 6.07) is 10.4. The smallest absolute Gasteiger partial charge is 0.159 e. The number of aromatic nitrogens is 2. The maximum atomic E-state index is 4.63. The second-order valence-electron chi connectivity index (χ2n) is 6.03. The first kappa shape index (κ1) is 14.7. The van der Waals surface area contributed by atoms with Crippen molar-refractivity contribution < 1.29 is 0 Å². The standard InChI is InChI=1S/C17H23N3/c1-5-13-6-8-14(9-7-13)16-18-11-10-15(20-16)12-19-17(2,3)4/h6-11,19H,5,12H2,1-4H3. The molecule has 106 valence electrons. The average Bonchev–Trinajstić information content (AvgIpc) is 2.45. The minimum absolute atomic E-state index is 0.0912. The van der Waals surface area contributed by atoms with Crippen LogP contribution in [-0.2, 0) is 13.0 Å². The zero-order valence-electron chi connectivity index (χ0n) is 12.8. The molecule has 0 spiro atoms. The maximum absolute atomic E-state index is 4.63. The van der Waals surface area contributed by atoms with Crippen molar-refractivity contribution in [2.45, 2.75) is 46.2 Å². The molecule has 3 nitrogen and oxygen atoms in total. The Labute approximate surface area is 121 Å². The molecule has 0 unspecified atom stereocenters. The molecule has 20 heavy (non-hydrogen) atoms. The fourth-order valence-corrected chi connectivity index (χ4v) is 1.88. The number of nitrogens with one attached hydrogen (secondary N) is 1. The summed E-state index contributed by atoms with van der Waals surface area (Å²) in [5, 5.41) is 3.44. The fourth-order valence-electron chi connectivity index (χ4n) is 1.88. The van der Waals surface area contributed by atoms with Gasteiger partial charge in [-0.15, -0.1) is 0 Å². The third-order valence-electron chi connectivity index (χ3n) is 3.13. The third kappa shape index (κ3) is 4.14. The zero-order valence-corrected chi connectivity index (χ0v) is 12.8. The van der Waals surface area contributed by atoms with Crippen LogP contribution in [0, 0.1) is 0 Å². The highest BCUT2D eigenvalue weighted by atomic mass is 15.0. The van der Waals surface area contributed by atoms with Gasteiger partial charge < -0.3 is 5.32 Å². The Kier molecular flexibility index (Phi) is 4.50. The van der Waals surface area contributed by atoms with E-state index in [1.807, 2.05) is 12.3 Å². The van der Waals surface area contributed by atoms with E-state index in [2.05, 4.69) is 67.2 Å². The molecule has 1 aromatic carbocycles. The molecule has 0 saturated heterocycles. The molecule has 3 heteroatoms. The van der Waals surface area contributed by atoms with Crippen LogP contribution >= 0.6 is 0 Å². The van der Waals surface area contributed by atoms with E-state index in [9.17, 15) is 0 Å². The molecule has 0 radical (unpaired) electrons. The highest BCUT2D eigenvalue weighted by Gasteiger charge is 2.09. The van der Waals surface area contributed by atoms with E-state index >= 15 is 0 Å². The summed E-state index contributed by atoms with van der Waals surface area (Å²) >= 11 is 0. The molecule has 0 saturated carbocycles. The number of hydrogen-bond acceptors (Lipinski definition) is 3. The van der Waals surface area contributed by atoms with Gasteiger partial charge in [0, 0.05) is 23.8 Å². The summed E-state index contributed by atoms with van der Waals surface area (Å²) in [5.41, 5.74) is 3.51. The Balaban J connectivity index is 2.16. The lowest BCUT2D eigenvalue weighted by Gasteiger charge is -2.20. The molecule has 1 heterocycles. The van der Waals surface area contributed by atoms with Crippen molar-refractivity contribution >= 4 is 0 Å². The van der Waals surface area contributed by atoms with Crippen LogP contribution in [0.25, 0.3) is 11.4 Å². The van der Waals surface area contributed by atoms with Crippen molar-refractivity contribution in [3.05, 3.63) is 47.8 Å². The zero-order chi connectivity index (χ0) is 14.6. The monoisotopic (exact) mass is 269 g/mol. The van der Waals surface area contributed by atoms with Crippen molar-refractivity contribution in [1.82, 2.24) is 15.3 Å². The van der Waals surface area contributed by atoms with E-state index < -0.39 is 0 Å². The molecule has 0 bridgehead atoms. The minimum atomic E-state index is 0.0912. The van der Waals surface area contributed by atoms with Crippen LogP contribution in [0.15, 0.2) is 36.5 Å². The molecule has 2 rings (SSSR count). The summed E-state index contributed by atoms with van der Waals surface area (Å²) in [6.45, 7) is 9.37. The Morgan fingerprint density at radius 3 is 2.35 bits per heavy atom. The largest absolute Gasteiger partial charge is 0.306 e. The molecule has 0 amide bonds. The van der Waals surface area contributed by atoms with Crippen LogP contribution in [0.5, 0.6) is 0 Å². The first-order valence-corrected chi connectivity index (χ1v) is 7.14. The second kappa shape index (κ2) is 6.14. The van der Waals surface area contributed by atoms with Crippen molar-refractivity contribution in [2.24, 2.45) is 0 Å². The first-order valence-electron chi connectivity index (χ1n) is 7.14. The Morgan fingerprint density at radius 2 is 1.75 bits per heavy atom. The number of aryl methyl sites for hydroxylation is 1. The van der Waals surface area contributed by atoms with Crippen LogP contribution in [0.1, 0.15) is 39.0 Å². The van der Waals surface area contributed by atoms with Gasteiger partial charge in [-0.3, -0.25) is 0 Å². The van der Waals surface area contributed by atoms with Gasteiger partial charge in [-0.1, -0.05) is 31.2 Å². The molecule has 0 aliphatic rings. The van der Waals surface area contributed by atoms with Gasteiger partial charge in [0.1, 0.15) is 0 Å². The van der Waals surface area contributed by atoms with Gasteiger partial charge in [0.05, 0.1) is 5.69 Å². The van der Waals surface area contributed by atoms with Gasteiger partial charge in [0.15, 0.2) is 5.82 Å². The Bertz CT molecular complexity index is 553. The molecular weight excluding hydrogens is 246 g/mol. The summed E-state index contributed by atoms with van der Waals surface area (Å²) in [6.07, 6.45) is 2.88. The van der Waals surface area contributed by atoms with Gasteiger partial charge in [-0.05, 0) is 38.8 Å². The van der Waals surface area contributed by atoms with E-state index in [0.717, 1.165) is 30.0 Å². The molecule has 1 N–H and O–H groups in total. The molecular formula is C17H23N3. The average molecular weight is 269 g/mol. The number of benzene rings is 1. The van der Waals surface area contributed by atoms with Gasteiger partial charge >= 0.3 is 0 Å². The molecule has 2 aromatic rings. The second-order valence-corrected chi connectivity index (χ2v) is 6.03. The van der Waals surface area contributed by atoms with Crippen molar-refractivity contribution in [1.29, 1.82) is 0 Å². The molecule has 0 atom stereocenters. The van der Waals surface area contributed by atoms with Gasteiger partial charge in [0.2, 0.25) is 0 Å². The Morgan fingerprint density at radius 1 is 1.05 bits per heavy atom. The quantitative estimate of drug-likeness (QED) is 0.921. The molecule has 0 aliphatic heterocycles. The predicted octanol–water partition coefficient (Wildman–Crippen LogP) is 3.59. The summed E-state index contributed by atoms with van der Waals surface area (Å²) in [7, 11) is 0. The van der Waals surface area contributed by atoms with E-state index in [0.29, 0.717) is 0 Å². The van der Waals surface area contributed by atoms with Crippen LogP contribution in [-0.4, -0.2) is 15.5 Å². The fraction of sp³-hybridized carbons (Fsp3) is 0.412. The van der Waals surface area contributed by atoms with E-state index in [-0.39, 0.29) is 5.54 Å². The van der Waals surface area contributed by atoms with Crippen LogP contribution in [0.4, 0.5) is 0 Å². The normalized spacial score (nSPS) is 11.6. The van der Waals surface area contributed by atoms with Gasteiger partial charge in [-0.25, -0.2) is 9.97 Å². The minimum Gasteiger partial charge on any atom is -0.306 e. The topological polar surface area (TPSA) is 37.8 Å². The summed E-state index contributed by atoms with van der Waals surface area (Å²) < 4.78 is 0. The molecule has 1 aromatic heterocycles. The lowest BCUT2D eigenvalue weighted by Crippen LogP contribution is -2.35. The van der Waals surface area contributed by atoms with E-state index in [4.69, 9.17) is 0 Å². The SMILES string of the molecule is CCc1ccc(-c2nccc(CNC(C)(C)C)n2)cc1. The van der Waals surface area contributed by atoms with Crippen LogP contribution in [0.2, 0.25) is 0 Å². The van der Waals surface area contributed by atoms with Crippen molar-refractivity contribution in [3.8, 4) is 11.4 Å². The van der Waals surface area contributed by atoms with Crippen molar-refractivity contribution in [3.63, 3.8) is 0 Å². The van der Waals surface area contributed by atoms with E-state index in [1.165, 1.54) is 5.56 Å². The molecule has 0 fully saturated rings. The lowest BCUT2D eigenvalue weighted by atomic mass is 10.1. The molecule has 0 aliphatic carbocycles. The number of nitrogens with zero attached hydrogens (tertiary/aromatic N) is 2. The Hall–Kier alpha value is -1.74. The lowest BCUT2D eigenvalue weighted by molar-refractivity contribution is 0.421.